The number of hydrogen-bond acceptors (Lipinski definition) is 5. The smallest absolute Gasteiger partial charge is 0.393 e. The lowest BCUT2D eigenvalue weighted by Crippen LogP contribution is -2.34. The number of anilines is 3. The van der Waals surface area contributed by atoms with Crippen molar-refractivity contribution in [2.75, 3.05) is 23.0 Å². The fraction of sp³-hybridized carbons (Fsp3) is 0.192. The summed E-state index contributed by atoms with van der Waals surface area (Å²) in [4.78, 5) is 25.3. The van der Waals surface area contributed by atoms with Crippen molar-refractivity contribution in [1.82, 2.24) is 5.32 Å². The van der Waals surface area contributed by atoms with Crippen molar-refractivity contribution in [2.45, 2.75) is 26.2 Å². The van der Waals surface area contributed by atoms with Gasteiger partial charge < -0.3 is 20.5 Å². The van der Waals surface area contributed by atoms with Crippen molar-refractivity contribution in [3.05, 3.63) is 88.4 Å². The number of hydrogen-bond donors (Lipinski definition) is 4. The fourth-order valence-electron chi connectivity index (χ4n) is 3.32. The van der Waals surface area contributed by atoms with Gasteiger partial charge in [-0.15, -0.1) is 0 Å². The first-order valence-corrected chi connectivity index (χ1v) is 12.0. The summed E-state index contributed by atoms with van der Waals surface area (Å²) in [6, 6.07) is 19.4. The predicted molar refractivity (Wildman–Crippen MR) is 152 cm³/mol. The summed E-state index contributed by atoms with van der Waals surface area (Å²) in [5.41, 5.74) is 3.73. The molecule has 10 heteroatoms. The molecule has 3 aromatic rings. The van der Waals surface area contributed by atoms with E-state index in [2.05, 4.69) is 41.9 Å². The quantitative estimate of drug-likeness (QED) is 0.247. The molecule has 3 aromatic carbocycles. The highest BCUT2D eigenvalue weighted by atomic mass is 35.5. The van der Waals surface area contributed by atoms with Crippen LogP contribution in [0.25, 0.3) is 0 Å². The molecule has 0 saturated heterocycles. The molecule has 0 fully saturated rings. The van der Waals surface area contributed by atoms with Gasteiger partial charge in [-0.25, -0.2) is 0 Å². The second kappa shape index (κ2) is 12.0. The predicted octanol–water partition coefficient (Wildman–Crippen LogP) is 5.34. The van der Waals surface area contributed by atoms with Gasteiger partial charge in [0.15, 0.2) is 5.11 Å². The van der Waals surface area contributed by atoms with Crippen molar-refractivity contribution < 1.29 is 14.2 Å². The van der Waals surface area contributed by atoms with Crippen LogP contribution < -0.4 is 21.2 Å². The van der Waals surface area contributed by atoms with Gasteiger partial charge in [-0.2, -0.15) is 0 Å². The third-order valence-corrected chi connectivity index (χ3v) is 5.82. The second-order valence-corrected chi connectivity index (χ2v) is 9.86. The Labute approximate surface area is 222 Å². The van der Waals surface area contributed by atoms with E-state index in [-0.39, 0.29) is 30.0 Å². The van der Waals surface area contributed by atoms with Crippen LogP contribution in [-0.2, 0) is 10.1 Å². The number of rotatable bonds is 7. The minimum absolute atomic E-state index is 0.000584. The second-order valence-electron chi connectivity index (χ2n) is 9.04. The molecule has 0 aliphatic heterocycles. The first kappa shape index (κ1) is 27.2. The van der Waals surface area contributed by atoms with Crippen molar-refractivity contribution in [1.29, 1.82) is 0 Å². The molecule has 36 heavy (non-hydrogen) atoms. The summed E-state index contributed by atoms with van der Waals surface area (Å²) in [6.07, 6.45) is 0. The van der Waals surface area contributed by atoms with Gasteiger partial charge in [-0.3, -0.25) is 14.9 Å². The first-order valence-electron chi connectivity index (χ1n) is 11.2. The van der Waals surface area contributed by atoms with Gasteiger partial charge in [0.25, 0.3) is 11.8 Å². The molecule has 0 aliphatic rings. The number of thiocarbonyl (C=S) groups is 1. The Morgan fingerprint density at radius 3 is 2.25 bits per heavy atom. The monoisotopic (exact) mass is 522 g/mol. The number of carbonyl (C=O) groups excluding carboxylic acids is 2. The topological polar surface area (TPSA) is 91.5 Å². The van der Waals surface area contributed by atoms with Crippen LogP contribution in [0.3, 0.4) is 0 Å². The molecule has 2 amide bonds. The number of amides is 2. The molecule has 0 aliphatic carbocycles. The fourth-order valence-corrected chi connectivity index (χ4v) is 3.75. The van der Waals surface area contributed by atoms with Crippen molar-refractivity contribution in [3.63, 3.8) is 0 Å². The number of benzene rings is 3. The standard InChI is InChI=1S/C26H28BClN4O3S/c1-26(2,3)17-11-9-16(10-12-17)23(33)31-25(36)29-18-13-14-21(22(15-18)32-27-35-4)30-24(34)19-7-5-6-8-20(19)28/h5-15,27,32H,1-4H3,(H,30,34)(H2,29,31,33,36). The maximum atomic E-state index is 12.7. The molecule has 186 valence electrons. The van der Waals surface area contributed by atoms with Crippen LogP contribution in [0.4, 0.5) is 17.1 Å². The van der Waals surface area contributed by atoms with Gasteiger partial charge in [-0.1, -0.05) is 56.6 Å². The zero-order chi connectivity index (χ0) is 26.3. The van der Waals surface area contributed by atoms with E-state index in [0.717, 1.165) is 5.56 Å². The largest absolute Gasteiger partial charge is 0.422 e. The Balaban J connectivity index is 1.70. The number of nitrogens with one attached hydrogen (secondary N) is 4. The Hall–Kier alpha value is -3.40. The third kappa shape index (κ3) is 7.30. The molecule has 4 N–H and O–H groups in total. The number of halogens is 1. The van der Waals surface area contributed by atoms with Crippen molar-refractivity contribution >= 4 is 65.4 Å². The molecule has 0 spiro atoms. The summed E-state index contributed by atoms with van der Waals surface area (Å²) in [5, 5.41) is 12.1. The van der Waals surface area contributed by atoms with Gasteiger partial charge >= 0.3 is 7.62 Å². The molecular formula is C26H28BClN4O3S. The average molecular weight is 523 g/mol. The Bertz CT molecular complexity index is 1260. The van der Waals surface area contributed by atoms with Gasteiger partial charge in [-0.05, 0) is 65.7 Å². The minimum atomic E-state index is -0.345. The summed E-state index contributed by atoms with van der Waals surface area (Å²) in [7, 11) is 1.76. The van der Waals surface area contributed by atoms with Gasteiger partial charge in [0.2, 0.25) is 0 Å². The molecule has 0 aromatic heterocycles. The van der Waals surface area contributed by atoms with Crippen LogP contribution in [-0.4, -0.2) is 31.7 Å². The Kier molecular flexibility index (Phi) is 9.09. The van der Waals surface area contributed by atoms with Crippen LogP contribution in [0, 0.1) is 0 Å². The van der Waals surface area contributed by atoms with E-state index in [9.17, 15) is 9.59 Å². The molecule has 0 saturated carbocycles. The van der Waals surface area contributed by atoms with E-state index in [1.165, 1.54) is 0 Å². The highest BCUT2D eigenvalue weighted by Crippen LogP contribution is 2.27. The lowest BCUT2D eigenvalue weighted by molar-refractivity contribution is 0.0976. The van der Waals surface area contributed by atoms with E-state index in [0.29, 0.717) is 33.2 Å². The van der Waals surface area contributed by atoms with E-state index in [1.54, 1.807) is 61.7 Å². The molecular weight excluding hydrogens is 495 g/mol. The van der Waals surface area contributed by atoms with Gasteiger partial charge in [0.1, 0.15) is 0 Å². The summed E-state index contributed by atoms with van der Waals surface area (Å²) >= 11 is 11.5. The van der Waals surface area contributed by atoms with Crippen molar-refractivity contribution in [2.24, 2.45) is 0 Å². The molecule has 7 nitrogen and oxygen atoms in total. The van der Waals surface area contributed by atoms with Crippen molar-refractivity contribution in [3.8, 4) is 0 Å². The van der Waals surface area contributed by atoms with Gasteiger partial charge in [0, 0.05) is 24.0 Å². The highest BCUT2D eigenvalue weighted by Gasteiger charge is 2.16. The summed E-state index contributed by atoms with van der Waals surface area (Å²) < 4.78 is 5.11. The normalized spacial score (nSPS) is 10.8. The average Bonchev–Trinajstić information content (AvgIpc) is 2.83. The van der Waals surface area contributed by atoms with Crippen LogP contribution in [0.5, 0.6) is 0 Å². The summed E-state index contributed by atoms with van der Waals surface area (Å²) in [6.45, 7) is 6.35. The van der Waals surface area contributed by atoms with E-state index < -0.39 is 0 Å². The third-order valence-electron chi connectivity index (χ3n) is 5.29. The van der Waals surface area contributed by atoms with Crippen LogP contribution in [0.1, 0.15) is 47.1 Å². The Morgan fingerprint density at radius 1 is 0.917 bits per heavy atom. The minimum Gasteiger partial charge on any atom is -0.422 e. The lowest BCUT2D eigenvalue weighted by atomic mass is 9.87. The molecule has 0 radical (unpaired) electrons. The van der Waals surface area contributed by atoms with E-state index in [1.807, 2.05) is 12.1 Å². The van der Waals surface area contributed by atoms with Gasteiger partial charge in [0.05, 0.1) is 16.3 Å². The lowest BCUT2D eigenvalue weighted by Gasteiger charge is -2.19. The molecule has 0 bridgehead atoms. The zero-order valence-corrected chi connectivity index (χ0v) is 22.1. The van der Waals surface area contributed by atoms with E-state index >= 15 is 0 Å². The molecule has 0 atom stereocenters. The first-order chi connectivity index (χ1) is 17.1. The molecule has 3 rings (SSSR count). The van der Waals surface area contributed by atoms with E-state index in [4.69, 9.17) is 28.5 Å². The Morgan fingerprint density at radius 2 is 1.61 bits per heavy atom. The maximum Gasteiger partial charge on any atom is 0.393 e. The molecule has 0 heterocycles. The number of carbonyl (C=O) groups is 2. The SMILES string of the molecule is COBNc1cc(NC(=S)NC(=O)c2ccc(C(C)(C)C)cc2)ccc1NC(=O)c1ccccc1Cl. The summed E-state index contributed by atoms with van der Waals surface area (Å²) in [5.74, 6) is -0.656. The van der Waals surface area contributed by atoms with Crippen LogP contribution >= 0.6 is 23.8 Å². The maximum absolute atomic E-state index is 12.7. The highest BCUT2D eigenvalue weighted by molar-refractivity contribution is 7.80. The molecule has 0 unspecified atom stereocenters. The zero-order valence-electron chi connectivity index (χ0n) is 20.6. The van der Waals surface area contributed by atoms with Crippen LogP contribution in [0.2, 0.25) is 5.02 Å². The van der Waals surface area contributed by atoms with Crippen LogP contribution in [0.15, 0.2) is 66.7 Å².